The van der Waals surface area contributed by atoms with Gasteiger partial charge >= 0.3 is 5.69 Å². The van der Waals surface area contributed by atoms with Crippen molar-refractivity contribution in [1.29, 1.82) is 0 Å². The fourth-order valence-electron chi connectivity index (χ4n) is 1.50. The molecule has 4 N–H and O–H groups in total. The highest BCUT2D eigenvalue weighted by atomic mass is 19.1. The second-order valence-electron chi connectivity index (χ2n) is 3.87. The number of aliphatic hydroxyl groups excluding tert-OH is 1. The van der Waals surface area contributed by atoms with E-state index in [9.17, 15) is 14.3 Å². The van der Waals surface area contributed by atoms with Gasteiger partial charge in [-0.25, -0.2) is 14.3 Å². The maximum atomic E-state index is 12.7. The monoisotopic (exact) mass is 252 g/mol. The first-order valence-corrected chi connectivity index (χ1v) is 5.44. The number of aliphatic hydroxyl groups is 1. The van der Waals surface area contributed by atoms with E-state index < -0.39 is 11.8 Å². The van der Waals surface area contributed by atoms with Crippen LogP contribution in [-0.4, -0.2) is 32.9 Å². The van der Waals surface area contributed by atoms with Gasteiger partial charge in [0.15, 0.2) is 0 Å². The summed E-state index contributed by atoms with van der Waals surface area (Å²) in [5.74, 6) is 0.0867. The summed E-state index contributed by atoms with van der Waals surface area (Å²) < 4.78 is 12.7. The molecule has 6 nitrogen and oxygen atoms in total. The van der Waals surface area contributed by atoms with E-state index in [0.717, 1.165) is 0 Å². The van der Waals surface area contributed by atoms with E-state index in [1.54, 1.807) is 12.1 Å². The quantitative estimate of drug-likeness (QED) is 0.613. The number of aromatic nitrogens is 3. The van der Waals surface area contributed by atoms with Crippen LogP contribution in [0, 0.1) is 5.82 Å². The second kappa shape index (κ2) is 5.46. The van der Waals surface area contributed by atoms with Gasteiger partial charge in [-0.3, -0.25) is 4.98 Å². The smallest absolute Gasteiger partial charge is 0.340 e. The molecule has 0 aliphatic heterocycles. The van der Waals surface area contributed by atoms with E-state index in [4.69, 9.17) is 0 Å². The van der Waals surface area contributed by atoms with Crippen LogP contribution in [-0.2, 0) is 6.42 Å². The molecule has 1 atom stereocenters. The molecule has 96 valence electrons. The minimum atomic E-state index is -0.700. The number of aromatic amines is 2. The molecule has 18 heavy (non-hydrogen) atoms. The first-order chi connectivity index (χ1) is 8.63. The maximum absolute atomic E-state index is 12.7. The Hall–Kier alpha value is -2.15. The molecule has 0 fully saturated rings. The largest absolute Gasteiger partial charge is 0.391 e. The van der Waals surface area contributed by atoms with Crippen molar-refractivity contribution in [2.75, 3.05) is 11.9 Å². The summed E-state index contributed by atoms with van der Waals surface area (Å²) >= 11 is 0. The van der Waals surface area contributed by atoms with Crippen LogP contribution >= 0.6 is 0 Å². The third-order valence-corrected chi connectivity index (χ3v) is 2.37. The fourth-order valence-corrected chi connectivity index (χ4v) is 1.50. The Bertz CT molecular complexity index is 549. The Morgan fingerprint density at radius 3 is 2.72 bits per heavy atom. The third kappa shape index (κ3) is 3.42. The first-order valence-electron chi connectivity index (χ1n) is 5.44. The molecule has 0 radical (unpaired) electrons. The molecule has 0 spiro atoms. The number of benzene rings is 1. The van der Waals surface area contributed by atoms with Crippen molar-refractivity contribution in [3.63, 3.8) is 0 Å². The van der Waals surface area contributed by atoms with E-state index in [2.05, 4.69) is 20.5 Å². The van der Waals surface area contributed by atoms with Gasteiger partial charge in [0, 0.05) is 18.7 Å². The lowest BCUT2D eigenvalue weighted by molar-refractivity contribution is 0.185. The lowest BCUT2D eigenvalue weighted by atomic mass is 10.2. The highest BCUT2D eigenvalue weighted by molar-refractivity contribution is 5.42. The van der Waals surface area contributed by atoms with Crippen molar-refractivity contribution in [3.05, 3.63) is 46.4 Å². The van der Waals surface area contributed by atoms with Gasteiger partial charge in [0.1, 0.15) is 11.6 Å². The van der Waals surface area contributed by atoms with Crippen molar-refractivity contribution in [1.82, 2.24) is 15.2 Å². The summed E-state index contributed by atoms with van der Waals surface area (Å²) in [5.41, 5.74) is 0.315. The van der Waals surface area contributed by atoms with E-state index >= 15 is 0 Å². The first kappa shape index (κ1) is 12.3. The standard InChI is InChI=1S/C11H13FN4O2/c12-7-1-3-8(4-2-7)13-6-9(17)5-10-14-11(18)16-15-10/h1-4,9,13,17H,5-6H2,(H2,14,15,16,18). The van der Waals surface area contributed by atoms with Gasteiger partial charge in [-0.15, -0.1) is 0 Å². The van der Waals surface area contributed by atoms with Gasteiger partial charge in [0.25, 0.3) is 0 Å². The lowest BCUT2D eigenvalue weighted by Gasteiger charge is -2.11. The average molecular weight is 252 g/mol. The molecule has 0 saturated heterocycles. The highest BCUT2D eigenvalue weighted by Crippen LogP contribution is 2.08. The summed E-state index contributed by atoms with van der Waals surface area (Å²) in [6.07, 6.45) is -0.471. The topological polar surface area (TPSA) is 93.8 Å². The van der Waals surface area contributed by atoms with Gasteiger partial charge in [-0.2, -0.15) is 5.10 Å². The predicted octanol–water partition coefficient (Wildman–Crippen LogP) is 0.253. The van der Waals surface area contributed by atoms with Crippen LogP contribution in [0.1, 0.15) is 5.82 Å². The molecule has 0 saturated carbocycles. The van der Waals surface area contributed by atoms with Crippen LogP contribution in [0.15, 0.2) is 29.1 Å². The van der Waals surface area contributed by atoms with Crippen LogP contribution < -0.4 is 11.0 Å². The predicted molar refractivity (Wildman–Crippen MR) is 63.8 cm³/mol. The molecule has 0 amide bonds. The van der Waals surface area contributed by atoms with Crippen molar-refractivity contribution < 1.29 is 9.50 Å². The van der Waals surface area contributed by atoms with Crippen LogP contribution in [0.4, 0.5) is 10.1 Å². The number of hydrogen-bond donors (Lipinski definition) is 4. The third-order valence-electron chi connectivity index (χ3n) is 2.37. The van der Waals surface area contributed by atoms with Gasteiger partial charge < -0.3 is 10.4 Å². The van der Waals surface area contributed by atoms with E-state index in [1.807, 2.05) is 0 Å². The normalized spacial score (nSPS) is 12.3. The number of H-pyrrole nitrogens is 2. The summed E-state index contributed by atoms with van der Waals surface area (Å²) in [5, 5.41) is 18.6. The number of hydrogen-bond acceptors (Lipinski definition) is 4. The molecule has 0 bridgehead atoms. The van der Waals surface area contributed by atoms with Crippen molar-refractivity contribution in [2.45, 2.75) is 12.5 Å². The molecule has 2 aromatic rings. The molecule has 1 unspecified atom stereocenters. The molecule has 1 heterocycles. The van der Waals surface area contributed by atoms with E-state index in [1.165, 1.54) is 12.1 Å². The Morgan fingerprint density at radius 1 is 1.39 bits per heavy atom. The zero-order chi connectivity index (χ0) is 13.0. The second-order valence-corrected chi connectivity index (χ2v) is 3.87. The molecule has 1 aromatic heterocycles. The van der Waals surface area contributed by atoms with Crippen LogP contribution in [0.25, 0.3) is 0 Å². The number of halogens is 1. The average Bonchev–Trinajstić information content (AvgIpc) is 2.74. The van der Waals surface area contributed by atoms with Gasteiger partial charge in [-0.1, -0.05) is 0 Å². The van der Waals surface area contributed by atoms with E-state index in [0.29, 0.717) is 11.5 Å². The molecule has 2 rings (SSSR count). The van der Waals surface area contributed by atoms with Crippen molar-refractivity contribution >= 4 is 5.69 Å². The van der Waals surface area contributed by atoms with Crippen molar-refractivity contribution in [2.24, 2.45) is 0 Å². The van der Waals surface area contributed by atoms with E-state index in [-0.39, 0.29) is 18.8 Å². The van der Waals surface area contributed by atoms with Crippen molar-refractivity contribution in [3.8, 4) is 0 Å². The van der Waals surface area contributed by atoms with Gasteiger partial charge in [-0.05, 0) is 24.3 Å². The summed E-state index contributed by atoms with van der Waals surface area (Å²) in [6, 6.07) is 5.83. The minimum absolute atomic E-state index is 0.229. The molecular formula is C11H13FN4O2. The number of nitrogens with one attached hydrogen (secondary N) is 3. The molecule has 0 aliphatic carbocycles. The van der Waals surface area contributed by atoms with Gasteiger partial charge in [0.2, 0.25) is 0 Å². The highest BCUT2D eigenvalue weighted by Gasteiger charge is 2.08. The lowest BCUT2D eigenvalue weighted by Crippen LogP contribution is -2.22. The summed E-state index contributed by atoms with van der Waals surface area (Å²) in [7, 11) is 0. The molecule has 7 heteroatoms. The number of nitrogens with zero attached hydrogens (tertiary/aromatic N) is 1. The molecule has 1 aromatic carbocycles. The Kier molecular flexibility index (Phi) is 3.73. The summed E-state index contributed by atoms with van der Waals surface area (Å²) in [6.45, 7) is 0.278. The minimum Gasteiger partial charge on any atom is -0.391 e. The van der Waals surface area contributed by atoms with Crippen LogP contribution in [0.5, 0.6) is 0 Å². The van der Waals surface area contributed by atoms with Crippen LogP contribution in [0.2, 0.25) is 0 Å². The Morgan fingerprint density at radius 2 is 2.11 bits per heavy atom. The summed E-state index contributed by atoms with van der Waals surface area (Å²) in [4.78, 5) is 13.2. The SMILES string of the molecule is O=c1[nH]nc(CC(O)CNc2ccc(F)cc2)[nH]1. The molecular weight excluding hydrogens is 239 g/mol. The molecule has 0 aliphatic rings. The zero-order valence-corrected chi connectivity index (χ0v) is 9.48. The fraction of sp³-hybridized carbons (Fsp3) is 0.273. The number of anilines is 1. The Balaban J connectivity index is 1.83. The number of rotatable bonds is 5. The van der Waals surface area contributed by atoms with Crippen LogP contribution in [0.3, 0.4) is 0 Å². The zero-order valence-electron chi connectivity index (χ0n) is 9.48. The van der Waals surface area contributed by atoms with Gasteiger partial charge in [0.05, 0.1) is 6.10 Å². The maximum Gasteiger partial charge on any atom is 0.340 e. The Labute approximate surface area is 102 Å².